The first kappa shape index (κ1) is 12.1. The highest BCUT2D eigenvalue weighted by Crippen LogP contribution is 2.19. The molecule has 1 N–H and O–H groups in total. The zero-order valence-corrected chi connectivity index (χ0v) is 10.1. The van der Waals surface area contributed by atoms with Crippen molar-refractivity contribution in [2.24, 2.45) is 0 Å². The predicted octanol–water partition coefficient (Wildman–Crippen LogP) is 3.14. The van der Waals surface area contributed by atoms with Crippen molar-refractivity contribution in [2.75, 3.05) is 6.61 Å². The zero-order valence-electron chi connectivity index (χ0n) is 10.1. The molecule has 0 amide bonds. The lowest BCUT2D eigenvalue weighted by atomic mass is 10.1. The molecule has 1 atom stereocenters. The molecule has 2 nitrogen and oxygen atoms in total. The Hall–Kier alpha value is -1.02. The van der Waals surface area contributed by atoms with Crippen molar-refractivity contribution in [3.63, 3.8) is 0 Å². The van der Waals surface area contributed by atoms with E-state index in [1.807, 2.05) is 19.1 Å². The van der Waals surface area contributed by atoms with Crippen molar-refractivity contribution >= 4 is 0 Å². The van der Waals surface area contributed by atoms with Crippen molar-refractivity contribution in [1.29, 1.82) is 0 Å². The molecule has 1 aromatic carbocycles. The first-order chi connectivity index (χ1) is 7.13. The van der Waals surface area contributed by atoms with Crippen LogP contribution < -0.4 is 10.1 Å². The highest BCUT2D eigenvalue weighted by molar-refractivity contribution is 5.30. The average Bonchev–Trinajstić information content (AvgIpc) is 2.17. The van der Waals surface area contributed by atoms with Gasteiger partial charge < -0.3 is 10.1 Å². The van der Waals surface area contributed by atoms with E-state index in [2.05, 4.69) is 38.2 Å². The molecular formula is C13H21NO. The first-order valence-corrected chi connectivity index (χ1v) is 5.62. The van der Waals surface area contributed by atoms with E-state index in [9.17, 15) is 0 Å². The Kier molecular flexibility index (Phi) is 4.63. The Bertz CT molecular complexity index is 296. The van der Waals surface area contributed by atoms with Crippen LogP contribution >= 0.6 is 0 Å². The van der Waals surface area contributed by atoms with E-state index < -0.39 is 0 Å². The molecule has 0 aliphatic carbocycles. The summed E-state index contributed by atoms with van der Waals surface area (Å²) in [4.78, 5) is 0. The van der Waals surface area contributed by atoms with Crippen LogP contribution in [0.5, 0.6) is 5.75 Å². The number of ether oxygens (including phenoxy) is 1. The smallest absolute Gasteiger partial charge is 0.119 e. The van der Waals surface area contributed by atoms with E-state index in [0.29, 0.717) is 12.1 Å². The summed E-state index contributed by atoms with van der Waals surface area (Å²) in [6.07, 6.45) is 0. The van der Waals surface area contributed by atoms with Crippen LogP contribution in [-0.2, 0) is 0 Å². The highest BCUT2D eigenvalue weighted by Gasteiger charge is 2.06. The molecular weight excluding hydrogens is 186 g/mol. The SMILES string of the molecule is CCOc1cccc([C@H](C)NC(C)C)c1. The molecule has 0 saturated heterocycles. The molecule has 0 aromatic heterocycles. The monoisotopic (exact) mass is 207 g/mol. The molecule has 1 aromatic rings. The molecule has 1 rings (SSSR count). The van der Waals surface area contributed by atoms with Crippen LogP contribution in [0.4, 0.5) is 0 Å². The third kappa shape index (κ3) is 3.92. The number of rotatable bonds is 5. The molecule has 2 heteroatoms. The van der Waals surface area contributed by atoms with Crippen LogP contribution in [0.3, 0.4) is 0 Å². The minimum atomic E-state index is 0.366. The van der Waals surface area contributed by atoms with Crippen molar-refractivity contribution in [3.8, 4) is 5.75 Å². The van der Waals surface area contributed by atoms with Gasteiger partial charge in [-0.25, -0.2) is 0 Å². The van der Waals surface area contributed by atoms with Crippen molar-refractivity contribution in [2.45, 2.75) is 39.8 Å². The lowest BCUT2D eigenvalue weighted by molar-refractivity contribution is 0.339. The summed E-state index contributed by atoms with van der Waals surface area (Å²) in [5.41, 5.74) is 1.27. The van der Waals surface area contributed by atoms with E-state index in [-0.39, 0.29) is 0 Å². The maximum absolute atomic E-state index is 5.47. The van der Waals surface area contributed by atoms with Gasteiger partial charge in [0.1, 0.15) is 5.75 Å². The molecule has 84 valence electrons. The van der Waals surface area contributed by atoms with E-state index in [0.717, 1.165) is 12.4 Å². The standard InChI is InChI=1S/C13H21NO/c1-5-15-13-8-6-7-12(9-13)11(4)14-10(2)3/h6-11,14H,5H2,1-4H3/t11-/m0/s1. The molecule has 0 bridgehead atoms. The Balaban J connectivity index is 2.71. The summed E-state index contributed by atoms with van der Waals surface area (Å²) < 4.78 is 5.47. The van der Waals surface area contributed by atoms with Crippen LogP contribution in [0.15, 0.2) is 24.3 Å². The van der Waals surface area contributed by atoms with E-state index in [4.69, 9.17) is 4.74 Å². The number of nitrogens with one attached hydrogen (secondary N) is 1. The van der Waals surface area contributed by atoms with Crippen LogP contribution in [0.2, 0.25) is 0 Å². The number of hydrogen-bond donors (Lipinski definition) is 1. The van der Waals surface area contributed by atoms with Crippen LogP contribution in [0.1, 0.15) is 39.3 Å². The van der Waals surface area contributed by atoms with Gasteiger partial charge in [-0.2, -0.15) is 0 Å². The summed E-state index contributed by atoms with van der Waals surface area (Å²) in [5, 5.41) is 3.47. The molecule has 0 aliphatic rings. The largest absolute Gasteiger partial charge is 0.494 e. The summed E-state index contributed by atoms with van der Waals surface area (Å²) in [6.45, 7) is 9.20. The lowest BCUT2D eigenvalue weighted by Crippen LogP contribution is -2.25. The molecule has 15 heavy (non-hydrogen) atoms. The lowest BCUT2D eigenvalue weighted by Gasteiger charge is -2.17. The van der Waals surface area contributed by atoms with Gasteiger partial charge in [-0.15, -0.1) is 0 Å². The molecule has 0 aliphatic heterocycles. The van der Waals surface area contributed by atoms with Gasteiger partial charge in [0.25, 0.3) is 0 Å². The van der Waals surface area contributed by atoms with Crippen LogP contribution in [-0.4, -0.2) is 12.6 Å². The van der Waals surface area contributed by atoms with Crippen molar-refractivity contribution < 1.29 is 4.74 Å². The molecule has 0 radical (unpaired) electrons. The molecule has 0 saturated carbocycles. The molecule has 0 fully saturated rings. The number of hydrogen-bond acceptors (Lipinski definition) is 2. The van der Waals surface area contributed by atoms with Gasteiger partial charge >= 0.3 is 0 Å². The van der Waals surface area contributed by atoms with E-state index in [1.165, 1.54) is 5.56 Å². The second kappa shape index (κ2) is 5.76. The Morgan fingerprint density at radius 3 is 2.60 bits per heavy atom. The van der Waals surface area contributed by atoms with E-state index in [1.54, 1.807) is 0 Å². The summed E-state index contributed by atoms with van der Waals surface area (Å²) >= 11 is 0. The Morgan fingerprint density at radius 2 is 2.00 bits per heavy atom. The van der Waals surface area contributed by atoms with Crippen molar-refractivity contribution in [3.05, 3.63) is 29.8 Å². The van der Waals surface area contributed by atoms with Gasteiger partial charge in [0.2, 0.25) is 0 Å². The normalized spacial score (nSPS) is 12.9. The zero-order chi connectivity index (χ0) is 11.3. The summed E-state index contributed by atoms with van der Waals surface area (Å²) in [6, 6.07) is 9.13. The van der Waals surface area contributed by atoms with Gasteiger partial charge in [0, 0.05) is 12.1 Å². The molecule has 0 unspecified atom stereocenters. The third-order valence-electron chi connectivity index (χ3n) is 2.25. The Labute approximate surface area is 92.6 Å². The van der Waals surface area contributed by atoms with Crippen LogP contribution in [0.25, 0.3) is 0 Å². The summed E-state index contributed by atoms with van der Waals surface area (Å²) in [5.74, 6) is 0.951. The average molecular weight is 207 g/mol. The van der Waals surface area contributed by atoms with Crippen molar-refractivity contribution in [1.82, 2.24) is 5.32 Å². The maximum atomic E-state index is 5.47. The van der Waals surface area contributed by atoms with Gasteiger partial charge in [-0.3, -0.25) is 0 Å². The molecule has 0 heterocycles. The maximum Gasteiger partial charge on any atom is 0.119 e. The van der Waals surface area contributed by atoms with Gasteiger partial charge in [0.15, 0.2) is 0 Å². The second-order valence-electron chi connectivity index (χ2n) is 4.05. The quantitative estimate of drug-likeness (QED) is 0.801. The van der Waals surface area contributed by atoms with Gasteiger partial charge in [-0.1, -0.05) is 26.0 Å². The third-order valence-corrected chi connectivity index (χ3v) is 2.25. The fraction of sp³-hybridized carbons (Fsp3) is 0.538. The predicted molar refractivity (Wildman–Crippen MR) is 64.3 cm³/mol. The minimum Gasteiger partial charge on any atom is -0.494 e. The highest BCUT2D eigenvalue weighted by atomic mass is 16.5. The Morgan fingerprint density at radius 1 is 1.27 bits per heavy atom. The number of benzene rings is 1. The van der Waals surface area contributed by atoms with Gasteiger partial charge in [0.05, 0.1) is 6.61 Å². The topological polar surface area (TPSA) is 21.3 Å². The van der Waals surface area contributed by atoms with Gasteiger partial charge in [-0.05, 0) is 31.5 Å². The van der Waals surface area contributed by atoms with E-state index >= 15 is 0 Å². The minimum absolute atomic E-state index is 0.366. The second-order valence-corrected chi connectivity index (χ2v) is 4.05. The fourth-order valence-corrected chi connectivity index (χ4v) is 1.64. The summed E-state index contributed by atoms with van der Waals surface area (Å²) in [7, 11) is 0. The fourth-order valence-electron chi connectivity index (χ4n) is 1.64. The molecule has 0 spiro atoms. The first-order valence-electron chi connectivity index (χ1n) is 5.62. The van der Waals surface area contributed by atoms with Crippen LogP contribution in [0, 0.1) is 0 Å².